The van der Waals surface area contributed by atoms with E-state index in [0.29, 0.717) is 16.8 Å². The van der Waals surface area contributed by atoms with Crippen LogP contribution in [0, 0.1) is 0 Å². The number of benzene rings is 2. The van der Waals surface area contributed by atoms with Crippen LogP contribution < -0.4 is 0 Å². The van der Waals surface area contributed by atoms with Gasteiger partial charge in [-0.2, -0.15) is 13.2 Å². The van der Waals surface area contributed by atoms with Crippen molar-refractivity contribution >= 4 is 16.9 Å². The lowest BCUT2D eigenvalue weighted by molar-refractivity contribution is -0.137. The van der Waals surface area contributed by atoms with E-state index in [0.717, 1.165) is 17.5 Å². The number of hydrogen-bond donors (Lipinski definition) is 0. The maximum Gasteiger partial charge on any atom is 0.416 e. The average molecular weight is 348 g/mol. The number of likely N-dealkylation sites (N-methyl/N-ethyl adjacent to an activating group) is 1. The molecule has 1 aromatic heterocycles. The van der Waals surface area contributed by atoms with Gasteiger partial charge in [0.05, 0.1) is 12.0 Å². The third-order valence-electron chi connectivity index (χ3n) is 3.90. The monoisotopic (exact) mass is 348 g/mol. The van der Waals surface area contributed by atoms with E-state index in [2.05, 4.69) is 5.16 Å². The fourth-order valence-corrected chi connectivity index (χ4v) is 2.50. The van der Waals surface area contributed by atoms with Gasteiger partial charge in [0.2, 0.25) is 5.91 Å². The molecule has 7 heteroatoms. The first-order chi connectivity index (χ1) is 11.8. The molecule has 0 bridgehead atoms. The molecule has 1 heterocycles. The number of fused-ring (bicyclic) bond motifs is 1. The molecule has 25 heavy (non-hydrogen) atoms. The van der Waals surface area contributed by atoms with Crippen LogP contribution in [0.2, 0.25) is 0 Å². The van der Waals surface area contributed by atoms with E-state index in [1.807, 2.05) is 18.2 Å². The number of nitrogens with zero attached hydrogens (tertiary/aromatic N) is 2. The average Bonchev–Trinajstić information content (AvgIpc) is 2.97. The highest BCUT2D eigenvalue weighted by Gasteiger charge is 2.30. The van der Waals surface area contributed by atoms with E-state index >= 15 is 0 Å². The maximum absolute atomic E-state index is 12.6. The van der Waals surface area contributed by atoms with Gasteiger partial charge in [0.1, 0.15) is 5.69 Å². The van der Waals surface area contributed by atoms with E-state index in [1.165, 1.54) is 17.0 Å². The molecule has 0 aliphatic heterocycles. The highest BCUT2D eigenvalue weighted by atomic mass is 19.4. The fourth-order valence-electron chi connectivity index (χ4n) is 2.50. The number of alkyl halides is 3. The highest BCUT2D eigenvalue weighted by Crippen LogP contribution is 2.29. The maximum atomic E-state index is 12.6. The van der Waals surface area contributed by atoms with Crippen molar-refractivity contribution in [1.82, 2.24) is 10.1 Å². The number of rotatable bonds is 4. The quantitative estimate of drug-likeness (QED) is 0.715. The Hall–Kier alpha value is -2.83. The van der Waals surface area contributed by atoms with Crippen LogP contribution in [-0.4, -0.2) is 23.0 Å². The summed E-state index contributed by atoms with van der Waals surface area (Å²) in [6.45, 7) is 0.215. The Kier molecular flexibility index (Phi) is 4.48. The van der Waals surface area contributed by atoms with Gasteiger partial charge in [-0.25, -0.2) is 0 Å². The third-order valence-corrected chi connectivity index (χ3v) is 3.90. The van der Waals surface area contributed by atoms with Gasteiger partial charge >= 0.3 is 6.18 Å². The fraction of sp³-hybridized carbons (Fsp3) is 0.222. The second kappa shape index (κ2) is 6.58. The summed E-state index contributed by atoms with van der Waals surface area (Å²) in [7, 11) is 1.60. The summed E-state index contributed by atoms with van der Waals surface area (Å²) in [5, 5.41) is 4.69. The molecule has 0 unspecified atom stereocenters. The number of para-hydroxylation sites is 1. The molecule has 0 saturated carbocycles. The van der Waals surface area contributed by atoms with Crippen LogP contribution in [0.3, 0.4) is 0 Å². The van der Waals surface area contributed by atoms with Crippen LogP contribution >= 0.6 is 0 Å². The summed E-state index contributed by atoms with van der Waals surface area (Å²) in [5.74, 6) is -0.195. The third kappa shape index (κ3) is 3.81. The second-order valence-electron chi connectivity index (χ2n) is 5.75. The van der Waals surface area contributed by atoms with Crippen LogP contribution in [0.1, 0.15) is 16.8 Å². The van der Waals surface area contributed by atoms with Crippen LogP contribution in [0.25, 0.3) is 11.0 Å². The molecule has 0 radical (unpaired) electrons. The van der Waals surface area contributed by atoms with Crippen molar-refractivity contribution in [2.75, 3.05) is 7.05 Å². The molecule has 0 spiro atoms. The Morgan fingerprint density at radius 1 is 1.12 bits per heavy atom. The molecule has 3 rings (SSSR count). The molecule has 130 valence electrons. The lowest BCUT2D eigenvalue weighted by Gasteiger charge is -2.17. The first-order valence-corrected chi connectivity index (χ1v) is 7.58. The zero-order chi connectivity index (χ0) is 18.0. The Labute approximate surface area is 141 Å². The molecule has 0 aliphatic carbocycles. The minimum atomic E-state index is -4.37. The van der Waals surface area contributed by atoms with Crippen molar-refractivity contribution in [3.8, 4) is 0 Å². The van der Waals surface area contributed by atoms with Crippen LogP contribution in [0.5, 0.6) is 0 Å². The lowest BCUT2D eigenvalue weighted by Crippen LogP contribution is -2.27. The minimum Gasteiger partial charge on any atom is -0.356 e. The second-order valence-corrected chi connectivity index (χ2v) is 5.75. The van der Waals surface area contributed by atoms with Gasteiger partial charge in [-0.1, -0.05) is 29.4 Å². The van der Waals surface area contributed by atoms with Crippen LogP contribution in [0.15, 0.2) is 53.1 Å². The number of carbonyl (C=O) groups excluding carboxylic acids is 1. The van der Waals surface area contributed by atoms with E-state index in [4.69, 9.17) is 4.52 Å². The largest absolute Gasteiger partial charge is 0.416 e. The predicted octanol–water partition coefficient (Wildman–Crippen LogP) is 4.05. The van der Waals surface area contributed by atoms with Crippen molar-refractivity contribution in [3.05, 3.63) is 65.4 Å². The standard InChI is InChI=1S/C18H15F3N2O2/c1-23(11-12-6-8-13(9-7-12)18(19,20)21)17(24)10-15-14-4-2-3-5-16(14)25-22-15/h2-9H,10-11H2,1H3. The van der Waals surface area contributed by atoms with Crippen molar-refractivity contribution in [3.63, 3.8) is 0 Å². The summed E-state index contributed by atoms with van der Waals surface area (Å²) in [6, 6.07) is 12.0. The van der Waals surface area contributed by atoms with Crippen LogP contribution in [0.4, 0.5) is 13.2 Å². The van der Waals surface area contributed by atoms with Gasteiger partial charge in [-0.3, -0.25) is 4.79 Å². The van der Waals surface area contributed by atoms with Gasteiger partial charge in [-0.05, 0) is 29.8 Å². The molecular weight excluding hydrogens is 333 g/mol. The Bertz CT molecular complexity index is 885. The first-order valence-electron chi connectivity index (χ1n) is 7.58. The van der Waals surface area contributed by atoms with Gasteiger partial charge in [0.15, 0.2) is 5.58 Å². The molecule has 4 nitrogen and oxygen atoms in total. The first kappa shape index (κ1) is 17.0. The Balaban J connectivity index is 1.66. The molecule has 3 aromatic rings. The van der Waals surface area contributed by atoms with Crippen LogP contribution in [-0.2, 0) is 23.9 Å². The zero-order valence-corrected chi connectivity index (χ0v) is 13.4. The van der Waals surface area contributed by atoms with Gasteiger partial charge in [0, 0.05) is 19.0 Å². The number of halogens is 3. The normalized spacial score (nSPS) is 11.7. The van der Waals surface area contributed by atoms with Crippen molar-refractivity contribution in [1.29, 1.82) is 0 Å². The highest BCUT2D eigenvalue weighted by molar-refractivity contribution is 5.86. The van der Waals surface area contributed by atoms with Crippen molar-refractivity contribution < 1.29 is 22.5 Å². The molecule has 0 atom stereocenters. The summed E-state index contributed by atoms with van der Waals surface area (Å²) in [4.78, 5) is 13.8. The minimum absolute atomic E-state index is 0.0636. The summed E-state index contributed by atoms with van der Waals surface area (Å²) in [5.41, 5.74) is 1.06. The van der Waals surface area contributed by atoms with E-state index in [1.54, 1.807) is 13.1 Å². The molecular formula is C18H15F3N2O2. The molecule has 2 aromatic carbocycles. The SMILES string of the molecule is CN(Cc1ccc(C(F)(F)F)cc1)C(=O)Cc1noc2ccccc12. The Morgan fingerprint density at radius 2 is 1.80 bits per heavy atom. The smallest absolute Gasteiger partial charge is 0.356 e. The molecule has 0 fully saturated rings. The zero-order valence-electron chi connectivity index (χ0n) is 13.4. The molecule has 0 saturated heterocycles. The number of hydrogen-bond acceptors (Lipinski definition) is 3. The topological polar surface area (TPSA) is 46.3 Å². The summed E-state index contributed by atoms with van der Waals surface area (Å²) < 4.78 is 42.9. The number of carbonyl (C=O) groups is 1. The molecule has 0 aliphatic rings. The van der Waals surface area contributed by atoms with Crippen molar-refractivity contribution in [2.45, 2.75) is 19.1 Å². The predicted molar refractivity (Wildman–Crippen MR) is 85.6 cm³/mol. The van der Waals surface area contributed by atoms with Gasteiger partial charge in [0.25, 0.3) is 0 Å². The Morgan fingerprint density at radius 3 is 2.48 bits per heavy atom. The summed E-state index contributed by atoms with van der Waals surface area (Å²) in [6.07, 6.45) is -4.30. The van der Waals surface area contributed by atoms with E-state index in [9.17, 15) is 18.0 Å². The number of amides is 1. The van der Waals surface area contributed by atoms with Crippen molar-refractivity contribution in [2.24, 2.45) is 0 Å². The van der Waals surface area contributed by atoms with E-state index in [-0.39, 0.29) is 18.9 Å². The van der Waals surface area contributed by atoms with Gasteiger partial charge < -0.3 is 9.42 Å². The summed E-state index contributed by atoms with van der Waals surface area (Å²) >= 11 is 0. The lowest BCUT2D eigenvalue weighted by atomic mass is 10.1. The molecule has 0 N–H and O–H groups in total. The van der Waals surface area contributed by atoms with Gasteiger partial charge in [-0.15, -0.1) is 0 Å². The van der Waals surface area contributed by atoms with E-state index < -0.39 is 11.7 Å². The number of aromatic nitrogens is 1. The molecule has 1 amide bonds.